The largest absolute Gasteiger partial charge is 0.309 e. The van der Waals surface area contributed by atoms with Gasteiger partial charge in [-0.1, -0.05) is 18.2 Å². The molecule has 2 aromatic heterocycles. The summed E-state index contributed by atoms with van der Waals surface area (Å²) < 4.78 is 2.04. The minimum atomic E-state index is 0.949. The molecule has 0 aliphatic carbocycles. The second kappa shape index (κ2) is 7.28. The first kappa shape index (κ1) is 16.9. The summed E-state index contributed by atoms with van der Waals surface area (Å²) in [6, 6.07) is 10.7. The standard InChI is InChI=1S/C19H24N4S/c1-14-19(24-15(2)20-14)17-8-5-7-16(13-17)18-9-12-23(21-18)11-6-10-22(3)4/h5,7-9,12-13H,6,10-11H2,1-4H3. The lowest BCUT2D eigenvalue weighted by Gasteiger charge is -2.08. The Bertz CT molecular complexity index is 816. The Balaban J connectivity index is 1.79. The van der Waals surface area contributed by atoms with Crippen molar-refractivity contribution in [2.24, 2.45) is 0 Å². The van der Waals surface area contributed by atoms with Gasteiger partial charge in [0, 0.05) is 18.3 Å². The van der Waals surface area contributed by atoms with Gasteiger partial charge in [0.15, 0.2) is 0 Å². The summed E-state index contributed by atoms with van der Waals surface area (Å²) in [5, 5.41) is 5.84. The van der Waals surface area contributed by atoms with E-state index in [0.29, 0.717) is 0 Å². The smallest absolute Gasteiger partial charge is 0.0923 e. The molecule has 0 amide bonds. The Morgan fingerprint density at radius 1 is 1.12 bits per heavy atom. The molecule has 3 aromatic rings. The Hall–Kier alpha value is -1.98. The maximum Gasteiger partial charge on any atom is 0.0923 e. The summed E-state index contributed by atoms with van der Waals surface area (Å²) in [5.41, 5.74) is 4.51. The molecule has 1 aromatic carbocycles. The number of hydrogen-bond donors (Lipinski definition) is 0. The van der Waals surface area contributed by atoms with Crippen LogP contribution in [0.5, 0.6) is 0 Å². The number of rotatable bonds is 6. The van der Waals surface area contributed by atoms with Crippen molar-refractivity contribution in [1.29, 1.82) is 0 Å². The third-order valence-corrected chi connectivity index (χ3v) is 5.08. The lowest BCUT2D eigenvalue weighted by atomic mass is 10.1. The number of benzene rings is 1. The lowest BCUT2D eigenvalue weighted by Crippen LogP contribution is -2.15. The minimum absolute atomic E-state index is 0.949. The summed E-state index contributed by atoms with van der Waals surface area (Å²) >= 11 is 1.75. The second-order valence-electron chi connectivity index (χ2n) is 6.35. The van der Waals surface area contributed by atoms with Crippen molar-refractivity contribution < 1.29 is 0 Å². The highest BCUT2D eigenvalue weighted by Gasteiger charge is 2.09. The molecule has 3 rings (SSSR count). The fraction of sp³-hybridized carbons (Fsp3) is 0.368. The number of aryl methyl sites for hydroxylation is 3. The van der Waals surface area contributed by atoms with Crippen molar-refractivity contribution in [1.82, 2.24) is 19.7 Å². The van der Waals surface area contributed by atoms with E-state index in [2.05, 4.69) is 74.4 Å². The molecule has 0 bridgehead atoms. The number of thiazole rings is 1. The fourth-order valence-corrected chi connectivity index (χ4v) is 3.72. The molecule has 5 heteroatoms. The molecule has 0 atom stereocenters. The summed E-state index contributed by atoms with van der Waals surface area (Å²) in [5.74, 6) is 0. The van der Waals surface area contributed by atoms with Crippen molar-refractivity contribution in [2.45, 2.75) is 26.8 Å². The Kier molecular flexibility index (Phi) is 5.11. The van der Waals surface area contributed by atoms with Crippen LogP contribution < -0.4 is 0 Å². The van der Waals surface area contributed by atoms with E-state index in [4.69, 9.17) is 5.10 Å². The molecule has 0 saturated heterocycles. The Morgan fingerprint density at radius 3 is 2.62 bits per heavy atom. The van der Waals surface area contributed by atoms with Crippen LogP contribution in [0.25, 0.3) is 21.7 Å². The fourth-order valence-electron chi connectivity index (χ4n) is 2.81. The molecule has 4 nitrogen and oxygen atoms in total. The van der Waals surface area contributed by atoms with E-state index in [-0.39, 0.29) is 0 Å². The van der Waals surface area contributed by atoms with Crippen molar-refractivity contribution in [3.8, 4) is 21.7 Å². The number of hydrogen-bond acceptors (Lipinski definition) is 4. The monoisotopic (exact) mass is 340 g/mol. The zero-order valence-electron chi connectivity index (χ0n) is 14.8. The average molecular weight is 340 g/mol. The Labute approximate surface area is 147 Å². The predicted octanol–water partition coefficient (Wildman–Crippen LogP) is 4.24. The highest BCUT2D eigenvalue weighted by atomic mass is 32.1. The van der Waals surface area contributed by atoms with Gasteiger partial charge in [0.25, 0.3) is 0 Å². The van der Waals surface area contributed by atoms with E-state index in [1.54, 1.807) is 11.3 Å². The van der Waals surface area contributed by atoms with E-state index >= 15 is 0 Å². The first-order valence-electron chi connectivity index (χ1n) is 8.26. The van der Waals surface area contributed by atoms with E-state index < -0.39 is 0 Å². The van der Waals surface area contributed by atoms with Gasteiger partial charge in [0.1, 0.15) is 0 Å². The SMILES string of the molecule is Cc1nc(C)c(-c2cccc(-c3ccn(CCCN(C)C)n3)c2)s1. The van der Waals surface area contributed by atoms with Crippen LogP contribution in [0.4, 0.5) is 0 Å². The molecule has 0 saturated carbocycles. The number of nitrogens with zero attached hydrogens (tertiary/aromatic N) is 4. The molecule has 0 fully saturated rings. The van der Waals surface area contributed by atoms with Crippen LogP contribution in [0.1, 0.15) is 17.1 Å². The van der Waals surface area contributed by atoms with Crippen molar-refractivity contribution in [3.05, 3.63) is 47.2 Å². The highest BCUT2D eigenvalue weighted by Crippen LogP contribution is 2.32. The molecule has 0 aliphatic rings. The van der Waals surface area contributed by atoms with Crippen LogP contribution in [0.3, 0.4) is 0 Å². The van der Waals surface area contributed by atoms with E-state index in [1.165, 1.54) is 10.4 Å². The first-order chi connectivity index (χ1) is 11.5. The Morgan fingerprint density at radius 2 is 1.92 bits per heavy atom. The van der Waals surface area contributed by atoms with Gasteiger partial charge in [0.2, 0.25) is 0 Å². The summed E-state index contributed by atoms with van der Waals surface area (Å²) in [4.78, 5) is 7.99. The van der Waals surface area contributed by atoms with E-state index in [0.717, 1.165) is 41.5 Å². The quantitative estimate of drug-likeness (QED) is 0.673. The average Bonchev–Trinajstić information content (AvgIpc) is 3.13. The van der Waals surface area contributed by atoms with Crippen molar-refractivity contribution in [2.75, 3.05) is 20.6 Å². The summed E-state index contributed by atoms with van der Waals surface area (Å²) in [6.45, 7) is 6.16. The second-order valence-corrected chi connectivity index (χ2v) is 7.55. The van der Waals surface area contributed by atoms with Crippen LogP contribution in [0.2, 0.25) is 0 Å². The summed E-state index contributed by atoms with van der Waals surface area (Å²) in [7, 11) is 4.20. The van der Waals surface area contributed by atoms with Gasteiger partial charge in [-0.2, -0.15) is 5.10 Å². The third-order valence-electron chi connectivity index (χ3n) is 3.96. The highest BCUT2D eigenvalue weighted by molar-refractivity contribution is 7.15. The normalized spacial score (nSPS) is 11.4. The van der Waals surface area contributed by atoms with Gasteiger partial charge >= 0.3 is 0 Å². The van der Waals surface area contributed by atoms with Crippen LogP contribution >= 0.6 is 11.3 Å². The lowest BCUT2D eigenvalue weighted by molar-refractivity contribution is 0.381. The van der Waals surface area contributed by atoms with Gasteiger partial charge < -0.3 is 4.90 Å². The van der Waals surface area contributed by atoms with Crippen LogP contribution in [-0.4, -0.2) is 40.3 Å². The van der Waals surface area contributed by atoms with Crippen LogP contribution in [0, 0.1) is 13.8 Å². The molecule has 0 unspecified atom stereocenters. The molecule has 0 N–H and O–H groups in total. The maximum absolute atomic E-state index is 4.73. The molecule has 2 heterocycles. The molecular weight excluding hydrogens is 316 g/mol. The molecule has 0 spiro atoms. The molecule has 0 aliphatic heterocycles. The molecular formula is C19H24N4S. The van der Waals surface area contributed by atoms with Crippen molar-refractivity contribution >= 4 is 11.3 Å². The van der Waals surface area contributed by atoms with Gasteiger partial charge in [-0.3, -0.25) is 4.68 Å². The van der Waals surface area contributed by atoms with Gasteiger partial charge in [-0.15, -0.1) is 11.3 Å². The summed E-state index contributed by atoms with van der Waals surface area (Å²) in [6.07, 6.45) is 3.17. The van der Waals surface area contributed by atoms with Gasteiger partial charge in [-0.05, 0) is 58.6 Å². The van der Waals surface area contributed by atoms with Crippen LogP contribution in [-0.2, 0) is 6.54 Å². The maximum atomic E-state index is 4.73. The van der Waals surface area contributed by atoms with E-state index in [9.17, 15) is 0 Å². The zero-order valence-corrected chi connectivity index (χ0v) is 15.6. The predicted molar refractivity (Wildman–Crippen MR) is 101 cm³/mol. The number of aromatic nitrogens is 3. The van der Waals surface area contributed by atoms with Gasteiger partial charge in [-0.25, -0.2) is 4.98 Å². The zero-order chi connectivity index (χ0) is 17.1. The molecule has 0 radical (unpaired) electrons. The first-order valence-corrected chi connectivity index (χ1v) is 9.07. The van der Waals surface area contributed by atoms with Gasteiger partial charge in [0.05, 0.1) is 21.3 Å². The minimum Gasteiger partial charge on any atom is -0.309 e. The van der Waals surface area contributed by atoms with Crippen molar-refractivity contribution in [3.63, 3.8) is 0 Å². The van der Waals surface area contributed by atoms with E-state index in [1.807, 2.05) is 4.68 Å². The topological polar surface area (TPSA) is 34.0 Å². The molecule has 126 valence electrons. The van der Waals surface area contributed by atoms with Crippen LogP contribution in [0.15, 0.2) is 36.5 Å². The third kappa shape index (κ3) is 3.91. The molecule has 24 heavy (non-hydrogen) atoms.